The largest absolute Gasteiger partial charge is 0.495 e. The molecular weight excluding hydrogens is 421 g/mol. The van der Waals surface area contributed by atoms with Gasteiger partial charge in [-0.25, -0.2) is 9.18 Å². The second-order valence-electron chi connectivity index (χ2n) is 7.21. The van der Waals surface area contributed by atoms with E-state index in [1.54, 1.807) is 37.4 Å². The minimum atomic E-state index is -1.02. The fraction of sp³-hybridized carbons (Fsp3) is 0.391. The normalized spacial score (nSPS) is 16.0. The summed E-state index contributed by atoms with van der Waals surface area (Å²) in [6, 6.07) is 12.6. The molecule has 4 rings (SSSR count). The van der Waals surface area contributed by atoms with Gasteiger partial charge in [-0.05, 0) is 36.2 Å². The van der Waals surface area contributed by atoms with E-state index in [1.165, 1.54) is 0 Å². The second-order valence-corrected chi connectivity index (χ2v) is 7.21. The monoisotopic (exact) mass is 447 g/mol. The summed E-state index contributed by atoms with van der Waals surface area (Å²) in [7, 11) is 1.55. The number of alkyl halides is 1. The summed E-state index contributed by atoms with van der Waals surface area (Å²) in [6.45, 7) is 6.15. The summed E-state index contributed by atoms with van der Waals surface area (Å²) in [5.41, 5.74) is 3.54. The molecule has 166 valence electrons. The lowest BCUT2D eigenvalue weighted by molar-refractivity contribution is 0.0535. The van der Waals surface area contributed by atoms with Crippen LogP contribution in [0.15, 0.2) is 36.4 Å². The standard InChI is InChI=1S/C15H19FN2O2.C8H7NO.ClH/c1-10-11(2-3-12-13(10)9-20-15(12)19)14(16)8-18-6-4-17-5-7-18;1-10-8-5-3-2-4-7(8)6-9;/h2-3,14,17H,4-9H2,1H3;2-5H,1H3;1H. The Hall–Kier alpha value is -2.66. The molecule has 31 heavy (non-hydrogen) atoms. The number of ether oxygens (including phenoxy) is 2. The van der Waals surface area contributed by atoms with Crippen LogP contribution in [-0.4, -0.2) is 50.7 Å². The Morgan fingerprint density at radius 3 is 2.61 bits per heavy atom. The van der Waals surface area contributed by atoms with Gasteiger partial charge in [0.2, 0.25) is 0 Å². The number of nitrogens with zero attached hydrogens (tertiary/aromatic N) is 2. The van der Waals surface area contributed by atoms with Gasteiger partial charge in [0.25, 0.3) is 0 Å². The van der Waals surface area contributed by atoms with Crippen LogP contribution in [0.5, 0.6) is 5.75 Å². The van der Waals surface area contributed by atoms with Crippen molar-refractivity contribution in [3.63, 3.8) is 0 Å². The number of nitrogens with one attached hydrogen (secondary N) is 1. The highest BCUT2D eigenvalue weighted by Crippen LogP contribution is 2.31. The minimum absolute atomic E-state index is 0. The molecule has 2 aliphatic heterocycles. The summed E-state index contributed by atoms with van der Waals surface area (Å²) in [5, 5.41) is 11.8. The SMILES string of the molecule is COc1ccccc1C#N.Cc1c(C(F)CN2CCNCC2)ccc2c1COC2=O.Cl. The molecule has 2 aromatic rings. The Morgan fingerprint density at radius 1 is 1.26 bits per heavy atom. The van der Waals surface area contributed by atoms with Crippen molar-refractivity contribution in [3.8, 4) is 11.8 Å². The molecule has 0 aliphatic carbocycles. The minimum Gasteiger partial charge on any atom is -0.495 e. The number of nitriles is 1. The van der Waals surface area contributed by atoms with E-state index < -0.39 is 6.17 Å². The van der Waals surface area contributed by atoms with E-state index in [0.717, 1.165) is 37.3 Å². The third-order valence-electron chi connectivity index (χ3n) is 5.40. The van der Waals surface area contributed by atoms with Crippen molar-refractivity contribution in [3.05, 3.63) is 64.2 Å². The van der Waals surface area contributed by atoms with E-state index in [4.69, 9.17) is 14.7 Å². The molecule has 2 aromatic carbocycles. The van der Waals surface area contributed by atoms with Gasteiger partial charge in [0.1, 0.15) is 24.6 Å². The van der Waals surface area contributed by atoms with E-state index in [9.17, 15) is 9.18 Å². The Morgan fingerprint density at radius 2 is 1.97 bits per heavy atom. The fourth-order valence-corrected chi connectivity index (χ4v) is 3.66. The Balaban J connectivity index is 0.000000264. The number of piperazine rings is 1. The second kappa shape index (κ2) is 11.7. The molecule has 0 saturated carbocycles. The highest BCUT2D eigenvalue weighted by Gasteiger charge is 2.27. The molecule has 6 nitrogen and oxygen atoms in total. The predicted molar refractivity (Wildman–Crippen MR) is 118 cm³/mol. The number of rotatable bonds is 4. The molecule has 2 aliphatic rings. The molecule has 2 heterocycles. The average Bonchev–Trinajstić information content (AvgIpc) is 3.16. The van der Waals surface area contributed by atoms with Crippen LogP contribution in [0.4, 0.5) is 4.39 Å². The smallest absolute Gasteiger partial charge is 0.338 e. The number of hydrogen-bond donors (Lipinski definition) is 1. The number of para-hydroxylation sites is 1. The van der Waals surface area contributed by atoms with Gasteiger partial charge in [0, 0.05) is 38.3 Å². The first-order valence-corrected chi connectivity index (χ1v) is 9.95. The summed E-state index contributed by atoms with van der Waals surface area (Å²) < 4.78 is 24.5. The van der Waals surface area contributed by atoms with Crippen molar-refractivity contribution in [2.45, 2.75) is 19.7 Å². The third-order valence-corrected chi connectivity index (χ3v) is 5.40. The number of benzene rings is 2. The number of fused-ring (bicyclic) bond motifs is 1. The van der Waals surface area contributed by atoms with E-state index in [-0.39, 0.29) is 25.0 Å². The Bertz CT molecular complexity index is 942. The van der Waals surface area contributed by atoms with Crippen LogP contribution in [0.3, 0.4) is 0 Å². The Labute approximate surface area is 188 Å². The van der Waals surface area contributed by atoms with Crippen molar-refractivity contribution >= 4 is 18.4 Å². The molecule has 0 bridgehead atoms. The van der Waals surface area contributed by atoms with Crippen molar-refractivity contribution in [2.75, 3.05) is 39.8 Å². The maximum atomic E-state index is 14.6. The molecule has 1 atom stereocenters. The van der Waals surface area contributed by atoms with Crippen molar-refractivity contribution in [2.24, 2.45) is 0 Å². The Kier molecular flexibility index (Phi) is 9.25. The average molecular weight is 448 g/mol. The molecule has 0 spiro atoms. The van der Waals surface area contributed by atoms with Crippen LogP contribution >= 0.6 is 12.4 Å². The van der Waals surface area contributed by atoms with E-state index in [2.05, 4.69) is 10.2 Å². The summed E-state index contributed by atoms with van der Waals surface area (Å²) >= 11 is 0. The van der Waals surface area contributed by atoms with Gasteiger partial charge in [0.05, 0.1) is 18.2 Å². The molecule has 1 N–H and O–H groups in total. The summed E-state index contributed by atoms with van der Waals surface area (Å²) in [4.78, 5) is 13.6. The van der Waals surface area contributed by atoms with E-state index in [1.807, 2.05) is 19.1 Å². The molecule has 0 radical (unpaired) electrons. The zero-order valence-corrected chi connectivity index (χ0v) is 18.5. The molecular formula is C23H27ClFN3O3. The molecule has 8 heteroatoms. The lowest BCUT2D eigenvalue weighted by atomic mass is 9.95. The van der Waals surface area contributed by atoms with Crippen LogP contribution < -0.4 is 10.1 Å². The molecule has 0 amide bonds. The first kappa shape index (κ1) is 24.6. The number of hydrogen-bond acceptors (Lipinski definition) is 6. The van der Waals surface area contributed by atoms with Gasteiger partial charge in [-0.3, -0.25) is 4.90 Å². The lowest BCUT2D eigenvalue weighted by Gasteiger charge is -2.29. The number of carbonyl (C=O) groups excluding carboxylic acids is 1. The number of carbonyl (C=O) groups is 1. The summed E-state index contributed by atoms with van der Waals surface area (Å²) in [5.74, 6) is 0.331. The van der Waals surface area contributed by atoms with Crippen LogP contribution in [-0.2, 0) is 11.3 Å². The molecule has 1 saturated heterocycles. The highest BCUT2D eigenvalue weighted by atomic mass is 35.5. The molecule has 1 unspecified atom stereocenters. The van der Waals surface area contributed by atoms with Gasteiger partial charge < -0.3 is 14.8 Å². The molecule has 0 aromatic heterocycles. The zero-order valence-electron chi connectivity index (χ0n) is 17.7. The van der Waals surface area contributed by atoms with Crippen molar-refractivity contribution < 1.29 is 18.7 Å². The van der Waals surface area contributed by atoms with E-state index >= 15 is 0 Å². The number of cyclic esters (lactones) is 1. The first-order chi connectivity index (χ1) is 14.5. The van der Waals surface area contributed by atoms with Crippen molar-refractivity contribution in [1.29, 1.82) is 5.26 Å². The predicted octanol–water partition coefficient (Wildman–Crippen LogP) is 3.57. The maximum absolute atomic E-state index is 14.6. The van der Waals surface area contributed by atoms with Crippen LogP contribution in [0.1, 0.15) is 38.8 Å². The number of methoxy groups -OCH3 is 1. The van der Waals surface area contributed by atoms with Gasteiger partial charge in [-0.15, -0.1) is 12.4 Å². The lowest BCUT2D eigenvalue weighted by Crippen LogP contribution is -2.44. The van der Waals surface area contributed by atoms with Gasteiger partial charge >= 0.3 is 5.97 Å². The van der Waals surface area contributed by atoms with Gasteiger partial charge in [-0.1, -0.05) is 18.2 Å². The van der Waals surface area contributed by atoms with Crippen LogP contribution in [0.2, 0.25) is 0 Å². The van der Waals surface area contributed by atoms with Gasteiger partial charge in [0.15, 0.2) is 0 Å². The highest BCUT2D eigenvalue weighted by molar-refractivity contribution is 5.93. The zero-order chi connectivity index (χ0) is 21.5. The fourth-order valence-electron chi connectivity index (χ4n) is 3.66. The van der Waals surface area contributed by atoms with Crippen LogP contribution in [0, 0.1) is 18.3 Å². The first-order valence-electron chi connectivity index (χ1n) is 9.95. The topological polar surface area (TPSA) is 74.6 Å². The number of halogens is 2. The quantitative estimate of drug-likeness (QED) is 0.722. The summed E-state index contributed by atoms with van der Waals surface area (Å²) in [6.07, 6.45) is -1.02. The van der Waals surface area contributed by atoms with Crippen molar-refractivity contribution in [1.82, 2.24) is 10.2 Å². The van der Waals surface area contributed by atoms with E-state index in [0.29, 0.717) is 29.0 Å². The molecule has 1 fully saturated rings. The number of esters is 1. The van der Waals surface area contributed by atoms with Crippen LogP contribution in [0.25, 0.3) is 0 Å². The van der Waals surface area contributed by atoms with Gasteiger partial charge in [-0.2, -0.15) is 5.26 Å². The maximum Gasteiger partial charge on any atom is 0.338 e. The third kappa shape index (κ3) is 5.95.